The normalized spacial score (nSPS) is 14.5. The van der Waals surface area contributed by atoms with Gasteiger partial charge >= 0.3 is 0 Å². The zero-order valence-electron chi connectivity index (χ0n) is 20.1. The monoisotopic (exact) mass is 513 g/mol. The van der Waals surface area contributed by atoms with Gasteiger partial charge in [-0.1, -0.05) is 60.7 Å². The Kier molecular flexibility index (Phi) is 7.23. The molecule has 0 radical (unpaired) electrons. The number of benzene rings is 4. The Morgan fingerprint density at radius 3 is 2.46 bits per heavy atom. The number of carbonyl (C=O) groups is 2. The second-order valence-corrected chi connectivity index (χ2v) is 9.46. The third-order valence-electron chi connectivity index (χ3n) is 5.93. The summed E-state index contributed by atoms with van der Waals surface area (Å²) in [6, 6.07) is 25.9. The van der Waals surface area contributed by atoms with Crippen LogP contribution in [0, 0.1) is 5.82 Å². The number of hydrogen-bond donors (Lipinski definition) is 0. The third kappa shape index (κ3) is 5.52. The zero-order valence-corrected chi connectivity index (χ0v) is 21.0. The van der Waals surface area contributed by atoms with Crippen molar-refractivity contribution in [3.63, 3.8) is 0 Å². The van der Waals surface area contributed by atoms with Crippen LogP contribution in [0.25, 0.3) is 16.8 Å². The molecule has 0 aromatic heterocycles. The van der Waals surface area contributed by atoms with Gasteiger partial charge in [-0.2, -0.15) is 0 Å². The highest BCUT2D eigenvalue weighted by Gasteiger charge is 2.35. The second-order valence-electron chi connectivity index (χ2n) is 8.47. The standard InChI is InChI=1S/C30H24FNO4S/c1-2-35-27-16-20(12-14-26(27)36-19-21-11-13-22-7-3-4-8-23(22)15-21)17-28-29(33)32(30(34)37-28)18-24-9-5-6-10-25(24)31/h3-17H,2,18-19H2,1H3/b28-17-. The quantitative estimate of drug-likeness (QED) is 0.233. The number of ether oxygens (including phenoxy) is 2. The van der Waals surface area contributed by atoms with Crippen LogP contribution in [0.3, 0.4) is 0 Å². The minimum Gasteiger partial charge on any atom is -0.490 e. The molecule has 1 heterocycles. The number of rotatable bonds is 8. The van der Waals surface area contributed by atoms with Gasteiger partial charge < -0.3 is 9.47 Å². The summed E-state index contributed by atoms with van der Waals surface area (Å²) < 4.78 is 25.9. The molecule has 7 heteroatoms. The van der Waals surface area contributed by atoms with Crippen molar-refractivity contribution in [2.24, 2.45) is 0 Å². The van der Waals surface area contributed by atoms with E-state index < -0.39 is 17.0 Å². The van der Waals surface area contributed by atoms with Crippen molar-refractivity contribution in [3.05, 3.63) is 112 Å². The molecule has 5 nitrogen and oxygen atoms in total. The van der Waals surface area contributed by atoms with Crippen molar-refractivity contribution in [1.29, 1.82) is 0 Å². The Balaban J connectivity index is 1.32. The molecule has 0 bridgehead atoms. The number of nitrogens with zero attached hydrogens (tertiary/aromatic N) is 1. The van der Waals surface area contributed by atoms with E-state index in [4.69, 9.17) is 9.47 Å². The van der Waals surface area contributed by atoms with E-state index >= 15 is 0 Å². The van der Waals surface area contributed by atoms with Crippen molar-refractivity contribution in [1.82, 2.24) is 4.90 Å². The van der Waals surface area contributed by atoms with Crippen molar-refractivity contribution in [3.8, 4) is 11.5 Å². The van der Waals surface area contributed by atoms with E-state index in [2.05, 4.69) is 24.3 Å². The van der Waals surface area contributed by atoms with Crippen molar-refractivity contribution >= 4 is 39.8 Å². The number of hydrogen-bond acceptors (Lipinski definition) is 5. The molecule has 0 N–H and O–H groups in total. The van der Waals surface area contributed by atoms with Gasteiger partial charge in [0.15, 0.2) is 11.5 Å². The molecular weight excluding hydrogens is 489 g/mol. The average Bonchev–Trinajstić information content (AvgIpc) is 3.16. The fourth-order valence-electron chi connectivity index (χ4n) is 4.08. The first-order valence-corrected chi connectivity index (χ1v) is 12.7. The molecule has 2 amide bonds. The molecule has 4 aromatic rings. The number of thioether (sulfide) groups is 1. The first kappa shape index (κ1) is 24.6. The molecule has 186 valence electrons. The number of imide groups is 1. The first-order chi connectivity index (χ1) is 18.0. The number of halogens is 1. The van der Waals surface area contributed by atoms with Gasteiger partial charge in [0.1, 0.15) is 12.4 Å². The third-order valence-corrected chi connectivity index (χ3v) is 6.84. The average molecular weight is 514 g/mol. The first-order valence-electron chi connectivity index (χ1n) is 11.9. The van der Waals surface area contributed by atoms with E-state index in [1.165, 1.54) is 11.5 Å². The lowest BCUT2D eigenvalue weighted by atomic mass is 10.1. The fraction of sp³-hybridized carbons (Fsp3) is 0.133. The summed E-state index contributed by atoms with van der Waals surface area (Å²) >= 11 is 0.838. The Bertz CT molecular complexity index is 1520. The highest BCUT2D eigenvalue weighted by molar-refractivity contribution is 8.18. The molecule has 0 aliphatic carbocycles. The van der Waals surface area contributed by atoms with Gasteiger partial charge in [-0.05, 0) is 70.9 Å². The summed E-state index contributed by atoms with van der Waals surface area (Å²) in [7, 11) is 0. The molecule has 1 saturated heterocycles. The number of carbonyl (C=O) groups excluding carboxylic acids is 2. The molecule has 0 atom stereocenters. The van der Waals surface area contributed by atoms with E-state index in [0.717, 1.165) is 27.6 Å². The van der Waals surface area contributed by atoms with Crippen LogP contribution in [-0.4, -0.2) is 22.7 Å². The van der Waals surface area contributed by atoms with Gasteiger partial charge in [0.05, 0.1) is 18.1 Å². The van der Waals surface area contributed by atoms with Gasteiger partial charge in [-0.15, -0.1) is 0 Å². The highest BCUT2D eigenvalue weighted by Crippen LogP contribution is 2.36. The van der Waals surface area contributed by atoms with Crippen LogP contribution in [0.2, 0.25) is 0 Å². The lowest BCUT2D eigenvalue weighted by Crippen LogP contribution is -2.27. The predicted molar refractivity (Wildman–Crippen MR) is 144 cm³/mol. The Morgan fingerprint density at radius 1 is 0.865 bits per heavy atom. The summed E-state index contributed by atoms with van der Waals surface area (Å²) in [5, 5.41) is 1.89. The van der Waals surface area contributed by atoms with E-state index in [1.54, 1.807) is 36.4 Å². The zero-order chi connectivity index (χ0) is 25.8. The molecule has 0 saturated carbocycles. The summed E-state index contributed by atoms with van der Waals surface area (Å²) in [4.78, 5) is 26.7. The maximum atomic E-state index is 14.0. The van der Waals surface area contributed by atoms with E-state index in [-0.39, 0.29) is 17.0 Å². The Morgan fingerprint density at radius 2 is 1.65 bits per heavy atom. The minimum atomic E-state index is -0.453. The van der Waals surface area contributed by atoms with E-state index in [9.17, 15) is 14.0 Å². The molecule has 0 spiro atoms. The van der Waals surface area contributed by atoms with Crippen LogP contribution in [-0.2, 0) is 17.9 Å². The molecule has 4 aromatic carbocycles. The number of amides is 2. The van der Waals surface area contributed by atoms with Gasteiger partial charge in [0, 0.05) is 5.56 Å². The van der Waals surface area contributed by atoms with Crippen LogP contribution in [0.5, 0.6) is 11.5 Å². The van der Waals surface area contributed by atoms with Crippen LogP contribution in [0.15, 0.2) is 89.8 Å². The molecule has 1 aliphatic heterocycles. The number of fused-ring (bicyclic) bond motifs is 1. The summed E-state index contributed by atoms with van der Waals surface area (Å²) in [6.45, 7) is 2.59. The van der Waals surface area contributed by atoms with E-state index in [0.29, 0.717) is 30.3 Å². The molecule has 37 heavy (non-hydrogen) atoms. The summed E-state index contributed by atoms with van der Waals surface area (Å²) in [6.07, 6.45) is 1.64. The maximum Gasteiger partial charge on any atom is 0.293 e. The molecule has 5 rings (SSSR count). The topological polar surface area (TPSA) is 55.8 Å². The molecular formula is C30H24FNO4S. The van der Waals surface area contributed by atoms with Crippen molar-refractivity contribution in [2.45, 2.75) is 20.1 Å². The maximum absolute atomic E-state index is 14.0. The molecule has 1 aliphatic rings. The Hall–Kier alpha value is -4.10. The van der Waals surface area contributed by atoms with Crippen LogP contribution >= 0.6 is 11.8 Å². The van der Waals surface area contributed by atoms with Crippen LogP contribution in [0.4, 0.5) is 9.18 Å². The summed E-state index contributed by atoms with van der Waals surface area (Å²) in [5.41, 5.74) is 2.02. The lowest BCUT2D eigenvalue weighted by molar-refractivity contribution is -0.123. The molecule has 0 unspecified atom stereocenters. The smallest absolute Gasteiger partial charge is 0.293 e. The van der Waals surface area contributed by atoms with Gasteiger partial charge in [-0.3, -0.25) is 14.5 Å². The second kappa shape index (κ2) is 10.9. The van der Waals surface area contributed by atoms with Crippen molar-refractivity contribution in [2.75, 3.05) is 6.61 Å². The van der Waals surface area contributed by atoms with Crippen molar-refractivity contribution < 1.29 is 23.5 Å². The summed E-state index contributed by atoms with van der Waals surface area (Å²) in [5.74, 6) is 0.224. The van der Waals surface area contributed by atoms with Gasteiger partial charge in [-0.25, -0.2) is 4.39 Å². The minimum absolute atomic E-state index is 0.111. The molecule has 1 fully saturated rings. The van der Waals surface area contributed by atoms with Crippen LogP contribution < -0.4 is 9.47 Å². The van der Waals surface area contributed by atoms with Gasteiger partial charge in [0.2, 0.25) is 0 Å². The lowest BCUT2D eigenvalue weighted by Gasteiger charge is -2.13. The van der Waals surface area contributed by atoms with E-state index in [1.807, 2.05) is 31.2 Å². The fourth-order valence-corrected chi connectivity index (χ4v) is 4.91. The SMILES string of the molecule is CCOc1cc(/C=C2\SC(=O)N(Cc3ccccc3F)C2=O)ccc1OCc1ccc2ccccc2c1. The van der Waals surface area contributed by atoms with Crippen LogP contribution in [0.1, 0.15) is 23.6 Å². The predicted octanol–water partition coefficient (Wildman–Crippen LogP) is 7.19. The van der Waals surface area contributed by atoms with Gasteiger partial charge in [0.25, 0.3) is 11.1 Å². The highest BCUT2D eigenvalue weighted by atomic mass is 32.2. The Labute approximate surface area is 218 Å². The largest absolute Gasteiger partial charge is 0.490 e.